The molecule has 0 spiro atoms. The molecule has 0 amide bonds. The van der Waals surface area contributed by atoms with Crippen LogP contribution in [0.4, 0.5) is 69.0 Å². The number of aryl methyl sites for hydroxylation is 1. The lowest BCUT2D eigenvalue weighted by Gasteiger charge is -2.43. The van der Waals surface area contributed by atoms with Gasteiger partial charge >= 0.3 is 0 Å². The van der Waals surface area contributed by atoms with Crippen LogP contribution in [0.1, 0.15) is 5.69 Å². The number of nitrogen functional groups attached to an aromatic ring is 3. The van der Waals surface area contributed by atoms with Crippen LogP contribution in [0.25, 0.3) is 51.1 Å². The molecule has 548 valence electrons. The molecule has 17 rings (SSSR count). The first-order valence-electron chi connectivity index (χ1n) is 35.4. The molecule has 106 heavy (non-hydrogen) atoms. The first kappa shape index (κ1) is 70.1. The smallest absolute Gasteiger partial charge is 0.180 e. The number of ether oxygens (including phenoxy) is 3. The zero-order valence-corrected chi connectivity index (χ0v) is 58.7. The molecule has 12 aromatic rings. The average Bonchev–Trinajstić information content (AvgIpc) is 1.51. The fraction of sp³-hybridized carbons (Fsp3) is 0.342. The van der Waals surface area contributed by atoms with Crippen LogP contribution in [0.3, 0.4) is 0 Å². The minimum atomic E-state index is -0.0770. The number of nitrogens with zero attached hydrogens (tertiary/aromatic N) is 21. The van der Waals surface area contributed by atoms with Crippen LogP contribution in [-0.4, -0.2) is 253 Å². The van der Waals surface area contributed by atoms with Crippen molar-refractivity contribution < 1.29 is 29.5 Å². The number of nitrogens with one attached hydrogen (secondary N) is 3. The largest absolute Gasteiger partial charge is 0.489 e. The number of fused-ring (bicyclic) bond motifs is 3. The Hall–Kier alpha value is -11.6. The van der Waals surface area contributed by atoms with Gasteiger partial charge in [0.2, 0.25) is 0 Å². The second kappa shape index (κ2) is 32.2. The summed E-state index contributed by atoms with van der Waals surface area (Å²) >= 11 is 0. The Labute approximate surface area is 610 Å². The highest BCUT2D eigenvalue weighted by Gasteiger charge is 2.32. The van der Waals surface area contributed by atoms with Crippen LogP contribution in [-0.2, 0) is 9.47 Å². The van der Waals surface area contributed by atoms with Gasteiger partial charge in [-0.25, -0.2) is 44.9 Å². The number of benzene rings is 3. The predicted octanol–water partition coefficient (Wildman–Crippen LogP) is 4.98. The molecule has 0 bridgehead atoms. The molecule has 5 fully saturated rings. The molecule has 0 unspecified atom stereocenters. The number of nitrogens with two attached hydrogens (primary N) is 3. The molecule has 3 aromatic carbocycles. The maximum absolute atomic E-state index is 9.42. The molecule has 5 aliphatic heterocycles. The average molecular weight is 1440 g/mol. The summed E-state index contributed by atoms with van der Waals surface area (Å²) in [7, 11) is 0. The summed E-state index contributed by atoms with van der Waals surface area (Å²) in [6.45, 7) is 17.7. The van der Waals surface area contributed by atoms with Crippen molar-refractivity contribution in [3.8, 4) is 39.9 Å². The van der Waals surface area contributed by atoms with E-state index in [1.807, 2.05) is 81.6 Å². The molecule has 33 heteroatoms. The standard InChI is InChI=1S/C26H31N9O3.C24H29N9O2.C23H25N9O/c1-17-24(27)31-20(13-29-17)21-14-35-5-4-28-26(35)25(32-21)30-18-2-3-22(23(12-18)38-11-10-36)34-8-6-33(7-9-34)19-15-37-16-19;25-22-12-26-11-20(29-22)21-14-33-6-5-27-24(33)23(30-21)28-18-1-3-19(4-2-18)32-9-7-31(8-10-32)13-17(15-34)16-35;24-21-12-25-11-19(28-21)20-13-32-6-5-26-23(32)22(29-20)27-16-1-3-17(4-2-16)30-7-9-31(10-8-30)18-14-33-15-18/h2-5,12-14,19,36H,6-11,15-16H2,1H3,(H2,27,31)(H,30,32);1-6,11-12,14,17,34-35H,7-10,13,15-16H2,(H2,25,29)(H,28,30);1-6,11-13,18H,7-10,14-15H2,(H2,24,28)(H,27,29). The van der Waals surface area contributed by atoms with Crippen LogP contribution in [0.15, 0.2) is 153 Å². The molecule has 0 atom stereocenters. The van der Waals surface area contributed by atoms with Gasteiger partial charge in [0.25, 0.3) is 0 Å². The number of anilines is 12. The van der Waals surface area contributed by atoms with E-state index in [-0.39, 0.29) is 32.3 Å². The highest BCUT2D eigenvalue weighted by Crippen LogP contribution is 2.36. The lowest BCUT2D eigenvalue weighted by Crippen LogP contribution is -2.56. The van der Waals surface area contributed by atoms with Crippen LogP contribution in [0, 0.1) is 12.8 Å². The van der Waals surface area contributed by atoms with E-state index in [0.29, 0.717) is 104 Å². The number of imidazole rings is 3. The van der Waals surface area contributed by atoms with Crippen molar-refractivity contribution in [3.63, 3.8) is 0 Å². The molecule has 5 aliphatic rings. The van der Waals surface area contributed by atoms with Crippen LogP contribution >= 0.6 is 0 Å². The topological polar surface area (TPSA) is 390 Å². The summed E-state index contributed by atoms with van der Waals surface area (Å²) in [5, 5.41) is 38.3. The van der Waals surface area contributed by atoms with E-state index in [4.69, 9.17) is 46.4 Å². The maximum Gasteiger partial charge on any atom is 0.180 e. The zero-order valence-electron chi connectivity index (χ0n) is 58.7. The Morgan fingerprint density at radius 2 is 0.915 bits per heavy atom. The SMILES string of the molecule is Cc1ncc(-c2cn3ccnc3c(Nc3ccc(N4CCN(C5COC5)CC4)c(OCCO)c3)n2)nc1N.Nc1cncc(-c2cn3ccnc3c(Nc3ccc(N4CCN(C5COC5)CC4)cc3)n2)n1.Nc1cncc(-c2cn3ccnc3c(Nc3ccc(N4CCN(CC(CO)CO)CC4)cc3)n2)n1. The molecule has 33 nitrogen and oxygen atoms in total. The summed E-state index contributed by atoms with van der Waals surface area (Å²) in [6, 6.07) is 23.9. The number of piperazine rings is 3. The highest BCUT2D eigenvalue weighted by molar-refractivity contribution is 5.78. The van der Waals surface area contributed by atoms with Gasteiger partial charge in [-0.1, -0.05) is 0 Å². The Kier molecular flexibility index (Phi) is 21.3. The zero-order chi connectivity index (χ0) is 72.5. The third-order valence-electron chi connectivity index (χ3n) is 19.4. The number of aliphatic hydroxyl groups excluding tert-OH is 3. The van der Waals surface area contributed by atoms with E-state index in [1.54, 1.807) is 37.2 Å². The molecular formula is C73H85N27O6. The van der Waals surface area contributed by atoms with Crippen molar-refractivity contribution in [2.24, 2.45) is 5.92 Å². The quantitative estimate of drug-likeness (QED) is 0.0458. The maximum atomic E-state index is 9.42. The third kappa shape index (κ3) is 16.2. The lowest BCUT2D eigenvalue weighted by molar-refractivity contribution is -0.0660. The van der Waals surface area contributed by atoms with Gasteiger partial charge in [0.1, 0.15) is 64.0 Å². The van der Waals surface area contributed by atoms with Gasteiger partial charge in [0.05, 0.1) is 87.5 Å². The number of hydrogen-bond donors (Lipinski definition) is 9. The Bertz CT molecular complexity index is 4930. The molecule has 0 aliphatic carbocycles. The second-order valence-corrected chi connectivity index (χ2v) is 26.5. The van der Waals surface area contributed by atoms with E-state index in [0.717, 1.165) is 146 Å². The monoisotopic (exact) mass is 1440 g/mol. The van der Waals surface area contributed by atoms with E-state index in [2.05, 4.69) is 133 Å². The minimum Gasteiger partial charge on any atom is -0.489 e. The Morgan fingerprint density at radius 3 is 1.34 bits per heavy atom. The number of aromatic nitrogens is 15. The van der Waals surface area contributed by atoms with E-state index in [9.17, 15) is 15.3 Å². The number of aliphatic hydroxyl groups is 3. The fourth-order valence-corrected chi connectivity index (χ4v) is 13.3. The summed E-state index contributed by atoms with van der Waals surface area (Å²) in [4.78, 5) is 67.8. The lowest BCUT2D eigenvalue weighted by atomic mass is 10.1. The van der Waals surface area contributed by atoms with Gasteiger partial charge < -0.3 is 90.6 Å². The van der Waals surface area contributed by atoms with Crippen molar-refractivity contribution in [1.82, 2.24) is 87.7 Å². The highest BCUT2D eigenvalue weighted by atomic mass is 16.5. The van der Waals surface area contributed by atoms with Crippen molar-refractivity contribution in [1.29, 1.82) is 0 Å². The number of rotatable bonds is 21. The van der Waals surface area contributed by atoms with Gasteiger partial charge in [-0.3, -0.25) is 29.7 Å². The van der Waals surface area contributed by atoms with Gasteiger partial charge in [0.15, 0.2) is 34.4 Å². The van der Waals surface area contributed by atoms with Gasteiger partial charge in [-0.05, 0) is 67.6 Å². The van der Waals surface area contributed by atoms with Crippen molar-refractivity contribution >= 4 is 86.0 Å². The molecule has 0 saturated carbocycles. The van der Waals surface area contributed by atoms with Crippen molar-refractivity contribution in [2.45, 2.75) is 19.0 Å². The molecule has 12 N–H and O–H groups in total. The second-order valence-electron chi connectivity index (χ2n) is 26.5. The minimum absolute atomic E-state index is 0.0147. The Morgan fingerprint density at radius 1 is 0.481 bits per heavy atom. The molecule has 0 radical (unpaired) electrons. The first-order valence-corrected chi connectivity index (χ1v) is 35.4. The third-order valence-corrected chi connectivity index (χ3v) is 19.4. The molecule has 9 aromatic heterocycles. The molecule has 5 saturated heterocycles. The van der Waals surface area contributed by atoms with Gasteiger partial charge in [-0.2, -0.15) is 0 Å². The fourth-order valence-electron chi connectivity index (χ4n) is 13.3. The van der Waals surface area contributed by atoms with E-state index in [1.165, 1.54) is 18.1 Å². The summed E-state index contributed by atoms with van der Waals surface area (Å²) in [5.41, 5.74) is 30.1. The van der Waals surface area contributed by atoms with Crippen LogP contribution in [0.2, 0.25) is 0 Å². The van der Waals surface area contributed by atoms with Crippen LogP contribution < -0.4 is 52.6 Å². The van der Waals surface area contributed by atoms with E-state index >= 15 is 0 Å². The first-order chi connectivity index (χ1) is 51.9. The van der Waals surface area contributed by atoms with Gasteiger partial charge in [0, 0.05) is 194 Å². The van der Waals surface area contributed by atoms with E-state index < -0.39 is 0 Å². The molecule has 14 heterocycles. The molecular weight excluding hydrogens is 1350 g/mol. The normalized spacial score (nSPS) is 16.1. The number of hydrogen-bond acceptors (Lipinski definition) is 30. The van der Waals surface area contributed by atoms with Crippen molar-refractivity contribution in [2.75, 3.05) is 186 Å². The summed E-state index contributed by atoms with van der Waals surface area (Å²) in [5.74, 6) is 3.50. The van der Waals surface area contributed by atoms with Crippen LogP contribution in [0.5, 0.6) is 5.75 Å². The summed E-state index contributed by atoms with van der Waals surface area (Å²) < 4.78 is 22.4. The predicted molar refractivity (Wildman–Crippen MR) is 405 cm³/mol. The Balaban J connectivity index is 0.000000128. The van der Waals surface area contributed by atoms with Crippen molar-refractivity contribution in [3.05, 3.63) is 159 Å². The van der Waals surface area contributed by atoms with Gasteiger partial charge in [-0.15, -0.1) is 0 Å². The summed E-state index contributed by atoms with van der Waals surface area (Å²) in [6.07, 6.45) is 24.3.